The Morgan fingerprint density at radius 1 is 0.857 bits per heavy atom. The summed E-state index contributed by atoms with van der Waals surface area (Å²) in [6, 6.07) is 25.2. The molecule has 0 unspecified atom stereocenters. The number of benzene rings is 3. The highest BCUT2D eigenvalue weighted by atomic mass is 16.5. The lowest BCUT2D eigenvalue weighted by molar-refractivity contribution is -0.154. The Hall–Kier alpha value is -3.60. The molecule has 0 radical (unpaired) electrons. The number of methoxy groups -OCH3 is 1. The van der Waals surface area contributed by atoms with Gasteiger partial charge in [0.25, 0.3) is 5.91 Å². The maximum absolute atomic E-state index is 12.8. The molecule has 0 aliphatic carbocycles. The number of para-hydroxylation sites is 1. The molecule has 3 aromatic carbocycles. The molecule has 142 valence electrons. The van der Waals surface area contributed by atoms with Gasteiger partial charge in [-0.25, -0.2) is 0 Å². The summed E-state index contributed by atoms with van der Waals surface area (Å²) in [5.41, 5.74) is 2.03. The Kier molecular flexibility index (Phi) is 6.41. The lowest BCUT2D eigenvalue weighted by Crippen LogP contribution is -2.26. The van der Waals surface area contributed by atoms with Gasteiger partial charge in [0, 0.05) is 11.3 Å². The van der Waals surface area contributed by atoms with E-state index in [1.165, 1.54) is 0 Å². The van der Waals surface area contributed by atoms with Gasteiger partial charge in [-0.3, -0.25) is 9.59 Å². The highest BCUT2D eigenvalue weighted by molar-refractivity contribution is 5.96. The van der Waals surface area contributed by atoms with Crippen LogP contribution >= 0.6 is 0 Å². The maximum atomic E-state index is 12.8. The number of hydrogen-bond acceptors (Lipinski definition) is 4. The number of carbonyl (C=O) groups excluding carboxylic acids is 2. The smallest absolute Gasteiger partial charge is 0.311 e. The van der Waals surface area contributed by atoms with E-state index in [9.17, 15) is 9.59 Å². The van der Waals surface area contributed by atoms with Crippen LogP contribution in [-0.4, -0.2) is 19.0 Å². The van der Waals surface area contributed by atoms with Gasteiger partial charge < -0.3 is 14.8 Å². The number of anilines is 1. The Labute approximate surface area is 163 Å². The number of carbonyl (C=O) groups is 2. The van der Waals surface area contributed by atoms with Crippen LogP contribution in [0.5, 0.6) is 5.75 Å². The molecule has 0 heterocycles. The van der Waals surface area contributed by atoms with Crippen molar-refractivity contribution in [2.45, 2.75) is 12.5 Å². The quantitative estimate of drug-likeness (QED) is 0.630. The molecular weight excluding hydrogens is 354 g/mol. The molecule has 3 rings (SSSR count). The molecule has 1 amide bonds. The van der Waals surface area contributed by atoms with Gasteiger partial charge in [0.1, 0.15) is 5.75 Å². The fraction of sp³-hybridized carbons (Fsp3) is 0.130. The van der Waals surface area contributed by atoms with Crippen molar-refractivity contribution < 1.29 is 19.1 Å². The zero-order chi connectivity index (χ0) is 19.8. The molecule has 0 spiro atoms. The van der Waals surface area contributed by atoms with Crippen molar-refractivity contribution in [3.63, 3.8) is 0 Å². The molecule has 3 aromatic rings. The molecule has 5 nitrogen and oxygen atoms in total. The minimum absolute atomic E-state index is 0.0615. The van der Waals surface area contributed by atoms with Crippen LogP contribution in [0.15, 0.2) is 84.9 Å². The minimum Gasteiger partial charge on any atom is -0.497 e. The summed E-state index contributed by atoms with van der Waals surface area (Å²) >= 11 is 0. The van der Waals surface area contributed by atoms with Crippen LogP contribution in [0.25, 0.3) is 0 Å². The number of esters is 1. The molecular formula is C23H21NO4. The van der Waals surface area contributed by atoms with Crippen LogP contribution in [0.4, 0.5) is 5.69 Å². The van der Waals surface area contributed by atoms with E-state index in [0.717, 1.165) is 5.56 Å². The first-order chi connectivity index (χ1) is 13.7. The third kappa shape index (κ3) is 5.20. The standard InChI is InChI=1S/C23H21NO4/c1-27-20-14-12-17(13-15-20)16-21(25)28-22(18-8-4-2-5-9-18)23(26)24-19-10-6-3-7-11-19/h2-15,22H,16H2,1H3,(H,24,26)/t22-/m1/s1. The monoisotopic (exact) mass is 375 g/mol. The normalized spacial score (nSPS) is 11.3. The maximum Gasteiger partial charge on any atom is 0.311 e. The average molecular weight is 375 g/mol. The van der Waals surface area contributed by atoms with E-state index in [1.54, 1.807) is 67.8 Å². The summed E-state index contributed by atoms with van der Waals surface area (Å²) in [4.78, 5) is 25.3. The van der Waals surface area contributed by atoms with E-state index in [2.05, 4.69) is 5.32 Å². The molecule has 1 atom stereocenters. The molecule has 0 bridgehead atoms. The Balaban J connectivity index is 1.73. The van der Waals surface area contributed by atoms with Crippen molar-refractivity contribution in [1.29, 1.82) is 0 Å². The van der Waals surface area contributed by atoms with E-state index in [4.69, 9.17) is 9.47 Å². The van der Waals surface area contributed by atoms with Crippen LogP contribution in [0, 0.1) is 0 Å². The van der Waals surface area contributed by atoms with Gasteiger partial charge in [0.05, 0.1) is 13.5 Å². The molecule has 0 fully saturated rings. The number of rotatable bonds is 7. The van der Waals surface area contributed by atoms with E-state index >= 15 is 0 Å². The summed E-state index contributed by atoms with van der Waals surface area (Å²) in [6.45, 7) is 0. The molecule has 0 aliphatic rings. The third-order valence-electron chi connectivity index (χ3n) is 4.14. The van der Waals surface area contributed by atoms with Crippen LogP contribution in [0.1, 0.15) is 17.2 Å². The SMILES string of the molecule is COc1ccc(CC(=O)O[C@@H](C(=O)Nc2ccccc2)c2ccccc2)cc1. The fourth-order valence-corrected chi connectivity index (χ4v) is 2.71. The summed E-state index contributed by atoms with van der Waals surface area (Å²) in [6.07, 6.45) is -0.974. The zero-order valence-corrected chi connectivity index (χ0v) is 15.5. The van der Waals surface area contributed by atoms with Crippen molar-refractivity contribution in [3.8, 4) is 5.75 Å². The first-order valence-electron chi connectivity index (χ1n) is 8.89. The van der Waals surface area contributed by atoms with Gasteiger partial charge in [0.15, 0.2) is 0 Å². The van der Waals surface area contributed by atoms with Crippen molar-refractivity contribution in [2.24, 2.45) is 0 Å². The highest BCUT2D eigenvalue weighted by Gasteiger charge is 2.25. The lowest BCUT2D eigenvalue weighted by atomic mass is 10.1. The average Bonchev–Trinajstić information content (AvgIpc) is 2.74. The van der Waals surface area contributed by atoms with Crippen molar-refractivity contribution in [1.82, 2.24) is 0 Å². The van der Waals surface area contributed by atoms with E-state index in [0.29, 0.717) is 17.0 Å². The molecule has 5 heteroatoms. The van der Waals surface area contributed by atoms with Crippen molar-refractivity contribution in [2.75, 3.05) is 12.4 Å². The summed E-state index contributed by atoms with van der Waals surface area (Å²) < 4.78 is 10.7. The van der Waals surface area contributed by atoms with Crippen LogP contribution in [0.3, 0.4) is 0 Å². The van der Waals surface area contributed by atoms with Gasteiger partial charge in [-0.1, -0.05) is 60.7 Å². The van der Waals surface area contributed by atoms with Crippen molar-refractivity contribution in [3.05, 3.63) is 96.1 Å². The zero-order valence-electron chi connectivity index (χ0n) is 15.5. The van der Waals surface area contributed by atoms with E-state index in [1.807, 2.05) is 24.3 Å². The molecule has 28 heavy (non-hydrogen) atoms. The Bertz CT molecular complexity index is 908. The van der Waals surface area contributed by atoms with Crippen LogP contribution in [-0.2, 0) is 20.7 Å². The number of hydrogen-bond donors (Lipinski definition) is 1. The summed E-state index contributed by atoms with van der Waals surface area (Å²) in [5, 5.41) is 2.79. The van der Waals surface area contributed by atoms with Gasteiger partial charge in [-0.05, 0) is 29.8 Å². The number of ether oxygens (including phenoxy) is 2. The molecule has 0 saturated carbocycles. The topological polar surface area (TPSA) is 64.6 Å². The highest BCUT2D eigenvalue weighted by Crippen LogP contribution is 2.21. The minimum atomic E-state index is -1.04. The second kappa shape index (κ2) is 9.37. The molecule has 0 saturated heterocycles. The second-order valence-electron chi connectivity index (χ2n) is 6.16. The van der Waals surface area contributed by atoms with Gasteiger partial charge >= 0.3 is 5.97 Å². The van der Waals surface area contributed by atoms with E-state index < -0.39 is 18.0 Å². The number of amides is 1. The summed E-state index contributed by atoms with van der Waals surface area (Å²) in [7, 11) is 1.58. The Morgan fingerprint density at radius 2 is 1.46 bits per heavy atom. The van der Waals surface area contributed by atoms with Crippen LogP contribution in [0.2, 0.25) is 0 Å². The van der Waals surface area contributed by atoms with Gasteiger partial charge in [-0.2, -0.15) is 0 Å². The molecule has 0 aliphatic heterocycles. The fourth-order valence-electron chi connectivity index (χ4n) is 2.71. The third-order valence-corrected chi connectivity index (χ3v) is 4.14. The first kappa shape index (κ1) is 19.2. The number of nitrogens with one attached hydrogen (secondary N) is 1. The van der Waals surface area contributed by atoms with Crippen LogP contribution < -0.4 is 10.1 Å². The Morgan fingerprint density at radius 3 is 2.07 bits per heavy atom. The first-order valence-corrected chi connectivity index (χ1v) is 8.89. The van der Waals surface area contributed by atoms with E-state index in [-0.39, 0.29) is 6.42 Å². The summed E-state index contributed by atoms with van der Waals surface area (Å²) in [5.74, 6) is -0.177. The predicted octanol–water partition coefficient (Wildman–Crippen LogP) is 4.16. The van der Waals surface area contributed by atoms with Gasteiger partial charge in [0.2, 0.25) is 6.10 Å². The second-order valence-corrected chi connectivity index (χ2v) is 6.16. The van der Waals surface area contributed by atoms with Gasteiger partial charge in [-0.15, -0.1) is 0 Å². The lowest BCUT2D eigenvalue weighted by Gasteiger charge is -2.18. The molecule has 1 N–H and O–H groups in total. The predicted molar refractivity (Wildman–Crippen MR) is 107 cm³/mol. The largest absolute Gasteiger partial charge is 0.497 e. The van der Waals surface area contributed by atoms with Crippen molar-refractivity contribution >= 4 is 17.6 Å². The molecule has 0 aromatic heterocycles.